The predicted molar refractivity (Wildman–Crippen MR) is 88.5 cm³/mol. The van der Waals surface area contributed by atoms with Crippen molar-refractivity contribution in [3.63, 3.8) is 0 Å². The van der Waals surface area contributed by atoms with Gasteiger partial charge in [0.05, 0.1) is 5.56 Å². The molecule has 5 heteroatoms. The zero-order valence-electron chi connectivity index (χ0n) is 11.3. The van der Waals surface area contributed by atoms with Gasteiger partial charge >= 0.3 is 0 Å². The van der Waals surface area contributed by atoms with Crippen molar-refractivity contribution < 1.29 is 0 Å². The van der Waals surface area contributed by atoms with E-state index in [-0.39, 0.29) is 0 Å². The van der Waals surface area contributed by atoms with E-state index in [1.807, 2.05) is 55.6 Å². The molecule has 0 unspecified atom stereocenters. The van der Waals surface area contributed by atoms with Crippen LogP contribution in [0.3, 0.4) is 0 Å². The van der Waals surface area contributed by atoms with Gasteiger partial charge in [-0.25, -0.2) is 0 Å². The van der Waals surface area contributed by atoms with Crippen LogP contribution in [0.4, 0.5) is 5.82 Å². The molecule has 3 nitrogen and oxygen atoms in total. The van der Waals surface area contributed by atoms with E-state index in [0.29, 0.717) is 15.9 Å². The summed E-state index contributed by atoms with van der Waals surface area (Å²) in [4.78, 5) is 0. The van der Waals surface area contributed by atoms with Gasteiger partial charge in [0.2, 0.25) is 0 Å². The Morgan fingerprint density at radius 3 is 2.52 bits per heavy atom. The standard InChI is InChI=1S/C16H13Cl2N3/c1-21-16(19)14(12-7-2-3-8-13(12)18)15(20-21)10-5-4-6-11(17)9-10/h2-9H,19H2,1H3. The third kappa shape index (κ3) is 2.50. The highest BCUT2D eigenvalue weighted by Gasteiger charge is 2.19. The first-order valence-corrected chi connectivity index (χ1v) is 7.17. The van der Waals surface area contributed by atoms with Crippen LogP contribution in [0.15, 0.2) is 48.5 Å². The van der Waals surface area contributed by atoms with E-state index in [4.69, 9.17) is 28.9 Å². The number of aryl methyl sites for hydroxylation is 1. The molecule has 0 atom stereocenters. The lowest BCUT2D eigenvalue weighted by atomic mass is 10.0. The number of nitrogen functional groups attached to an aromatic ring is 1. The minimum Gasteiger partial charge on any atom is -0.383 e. The van der Waals surface area contributed by atoms with Crippen LogP contribution in [0.25, 0.3) is 22.4 Å². The van der Waals surface area contributed by atoms with Gasteiger partial charge in [-0.3, -0.25) is 4.68 Å². The molecule has 0 aliphatic heterocycles. The Kier molecular flexibility index (Phi) is 3.62. The highest BCUT2D eigenvalue weighted by atomic mass is 35.5. The Bertz CT molecular complexity index is 809. The number of aromatic nitrogens is 2. The second kappa shape index (κ2) is 5.43. The minimum atomic E-state index is 0.568. The molecule has 3 rings (SSSR count). The largest absolute Gasteiger partial charge is 0.383 e. The first kappa shape index (κ1) is 14.0. The summed E-state index contributed by atoms with van der Waals surface area (Å²) in [5.74, 6) is 0.568. The molecule has 2 N–H and O–H groups in total. The van der Waals surface area contributed by atoms with Gasteiger partial charge in [-0.15, -0.1) is 0 Å². The molecule has 0 fully saturated rings. The van der Waals surface area contributed by atoms with Gasteiger partial charge in [-0.1, -0.05) is 53.5 Å². The summed E-state index contributed by atoms with van der Waals surface area (Å²) in [6, 6.07) is 15.1. The molecule has 1 aromatic heterocycles. The fraction of sp³-hybridized carbons (Fsp3) is 0.0625. The fourth-order valence-corrected chi connectivity index (χ4v) is 2.72. The van der Waals surface area contributed by atoms with Crippen molar-refractivity contribution in [3.8, 4) is 22.4 Å². The molecule has 0 aliphatic carbocycles. The van der Waals surface area contributed by atoms with Gasteiger partial charge < -0.3 is 5.73 Å². The quantitative estimate of drug-likeness (QED) is 0.748. The summed E-state index contributed by atoms with van der Waals surface area (Å²) in [5, 5.41) is 5.81. The molecule has 21 heavy (non-hydrogen) atoms. The zero-order valence-corrected chi connectivity index (χ0v) is 12.9. The lowest BCUT2D eigenvalue weighted by molar-refractivity contribution is 0.782. The van der Waals surface area contributed by atoms with Crippen LogP contribution >= 0.6 is 23.2 Å². The first-order valence-electron chi connectivity index (χ1n) is 6.41. The summed E-state index contributed by atoms with van der Waals surface area (Å²) >= 11 is 12.4. The van der Waals surface area contributed by atoms with Gasteiger partial charge in [0.15, 0.2) is 0 Å². The Labute approximate surface area is 132 Å². The van der Waals surface area contributed by atoms with Crippen molar-refractivity contribution in [2.75, 3.05) is 5.73 Å². The van der Waals surface area contributed by atoms with Crippen molar-refractivity contribution in [1.82, 2.24) is 9.78 Å². The molecule has 0 amide bonds. The lowest BCUT2D eigenvalue weighted by Crippen LogP contribution is -1.98. The summed E-state index contributed by atoms with van der Waals surface area (Å²) in [6.45, 7) is 0. The van der Waals surface area contributed by atoms with Crippen LogP contribution in [0, 0.1) is 0 Å². The first-order chi connectivity index (χ1) is 10.1. The van der Waals surface area contributed by atoms with Crippen molar-refractivity contribution in [2.24, 2.45) is 7.05 Å². The molecule has 3 aromatic rings. The number of nitrogens with two attached hydrogens (primary N) is 1. The van der Waals surface area contributed by atoms with Crippen molar-refractivity contribution in [1.29, 1.82) is 0 Å². The third-order valence-electron chi connectivity index (χ3n) is 3.33. The Hall–Kier alpha value is -1.97. The monoisotopic (exact) mass is 317 g/mol. The number of nitrogens with zero attached hydrogens (tertiary/aromatic N) is 2. The van der Waals surface area contributed by atoms with Gasteiger partial charge in [0.25, 0.3) is 0 Å². The number of anilines is 1. The molecule has 106 valence electrons. The van der Waals surface area contributed by atoms with E-state index in [0.717, 1.165) is 22.4 Å². The summed E-state index contributed by atoms with van der Waals surface area (Å²) < 4.78 is 1.65. The lowest BCUT2D eigenvalue weighted by Gasteiger charge is -2.06. The maximum atomic E-state index is 6.31. The van der Waals surface area contributed by atoms with Crippen LogP contribution in [0.2, 0.25) is 10.0 Å². The fourth-order valence-electron chi connectivity index (χ4n) is 2.30. The molecular formula is C16H13Cl2N3. The maximum Gasteiger partial charge on any atom is 0.129 e. The number of halogens is 2. The molecule has 0 saturated carbocycles. The SMILES string of the molecule is Cn1nc(-c2cccc(Cl)c2)c(-c2ccccc2Cl)c1N. The second-order valence-electron chi connectivity index (χ2n) is 4.72. The number of hydrogen-bond donors (Lipinski definition) is 1. The molecule has 0 saturated heterocycles. The molecule has 2 aromatic carbocycles. The number of rotatable bonds is 2. The highest BCUT2D eigenvalue weighted by Crippen LogP contribution is 2.39. The molecule has 0 bridgehead atoms. The predicted octanol–water partition coefficient (Wildman–Crippen LogP) is 4.64. The Morgan fingerprint density at radius 1 is 1.05 bits per heavy atom. The number of benzene rings is 2. The molecular weight excluding hydrogens is 305 g/mol. The van der Waals surface area contributed by atoms with Gasteiger partial charge in [-0.05, 0) is 18.2 Å². The van der Waals surface area contributed by atoms with E-state index < -0.39 is 0 Å². The van der Waals surface area contributed by atoms with Gasteiger partial charge in [0, 0.05) is 28.2 Å². The van der Waals surface area contributed by atoms with Crippen LogP contribution < -0.4 is 5.73 Å². The summed E-state index contributed by atoms with van der Waals surface area (Å²) in [7, 11) is 1.81. The second-order valence-corrected chi connectivity index (χ2v) is 5.57. The summed E-state index contributed by atoms with van der Waals surface area (Å²) in [5.41, 5.74) is 9.55. The van der Waals surface area contributed by atoms with Gasteiger partial charge in [0.1, 0.15) is 11.5 Å². The minimum absolute atomic E-state index is 0.568. The molecule has 0 spiro atoms. The molecule has 0 aliphatic rings. The van der Waals surface area contributed by atoms with Crippen LogP contribution in [0.5, 0.6) is 0 Å². The third-order valence-corrected chi connectivity index (χ3v) is 3.90. The van der Waals surface area contributed by atoms with Crippen molar-refractivity contribution >= 4 is 29.0 Å². The van der Waals surface area contributed by atoms with Gasteiger partial charge in [-0.2, -0.15) is 5.10 Å². The molecule has 1 heterocycles. The summed E-state index contributed by atoms with van der Waals surface area (Å²) in [6.07, 6.45) is 0. The van der Waals surface area contributed by atoms with E-state index in [2.05, 4.69) is 5.10 Å². The van der Waals surface area contributed by atoms with Crippen molar-refractivity contribution in [2.45, 2.75) is 0 Å². The zero-order chi connectivity index (χ0) is 15.0. The van der Waals surface area contributed by atoms with Crippen molar-refractivity contribution in [3.05, 3.63) is 58.6 Å². The maximum absolute atomic E-state index is 6.31. The topological polar surface area (TPSA) is 43.8 Å². The number of hydrogen-bond acceptors (Lipinski definition) is 2. The highest BCUT2D eigenvalue weighted by molar-refractivity contribution is 6.33. The Balaban J connectivity index is 2.29. The van der Waals surface area contributed by atoms with E-state index >= 15 is 0 Å². The average Bonchev–Trinajstić information content (AvgIpc) is 2.76. The van der Waals surface area contributed by atoms with Crippen LogP contribution in [0.1, 0.15) is 0 Å². The normalized spacial score (nSPS) is 10.8. The van der Waals surface area contributed by atoms with Crippen LogP contribution in [-0.4, -0.2) is 9.78 Å². The Morgan fingerprint density at radius 2 is 1.81 bits per heavy atom. The average molecular weight is 318 g/mol. The van der Waals surface area contributed by atoms with E-state index in [9.17, 15) is 0 Å². The molecule has 0 radical (unpaired) electrons. The van der Waals surface area contributed by atoms with E-state index in [1.165, 1.54) is 0 Å². The van der Waals surface area contributed by atoms with E-state index in [1.54, 1.807) is 4.68 Å². The smallest absolute Gasteiger partial charge is 0.129 e. The van der Waals surface area contributed by atoms with Crippen LogP contribution in [-0.2, 0) is 7.05 Å².